The van der Waals surface area contributed by atoms with E-state index in [9.17, 15) is 9.59 Å². The summed E-state index contributed by atoms with van der Waals surface area (Å²) in [6.07, 6.45) is 2.20. The molecule has 3 aromatic heterocycles. The van der Waals surface area contributed by atoms with Gasteiger partial charge in [0.2, 0.25) is 0 Å². The molecule has 0 aliphatic rings. The van der Waals surface area contributed by atoms with Gasteiger partial charge in [-0.2, -0.15) is 5.10 Å². The van der Waals surface area contributed by atoms with Gasteiger partial charge >= 0.3 is 0 Å². The average molecular weight is 344 g/mol. The first-order valence-corrected chi connectivity index (χ1v) is 8.21. The Morgan fingerprint density at radius 3 is 2.88 bits per heavy atom. The standard InChI is InChI=1S/C16H16N4O3S/c1-20-14(18-16(22)13-5-2-8-23-13)10-12(19-20)15(21)17-7-6-11-4-3-9-24-11/h2-5,8-10H,6-7H2,1H3,(H,17,21)(H,18,22). The monoisotopic (exact) mass is 344 g/mol. The Balaban J connectivity index is 1.58. The number of furan rings is 1. The molecule has 0 atom stereocenters. The molecule has 2 amide bonds. The van der Waals surface area contributed by atoms with E-state index in [1.807, 2.05) is 17.5 Å². The molecule has 7 nitrogen and oxygen atoms in total. The van der Waals surface area contributed by atoms with Crippen molar-refractivity contribution in [1.82, 2.24) is 15.1 Å². The van der Waals surface area contributed by atoms with Crippen LogP contribution in [0.1, 0.15) is 25.9 Å². The van der Waals surface area contributed by atoms with Gasteiger partial charge in [-0.15, -0.1) is 11.3 Å². The Bertz CT molecular complexity index is 822. The largest absolute Gasteiger partial charge is 0.459 e. The van der Waals surface area contributed by atoms with Gasteiger partial charge in [0, 0.05) is 24.5 Å². The van der Waals surface area contributed by atoms with Crippen molar-refractivity contribution < 1.29 is 14.0 Å². The number of aromatic nitrogens is 2. The number of nitrogens with zero attached hydrogens (tertiary/aromatic N) is 2. The van der Waals surface area contributed by atoms with Crippen LogP contribution in [0.15, 0.2) is 46.4 Å². The summed E-state index contributed by atoms with van der Waals surface area (Å²) < 4.78 is 6.47. The maximum absolute atomic E-state index is 12.1. The summed E-state index contributed by atoms with van der Waals surface area (Å²) in [5.74, 6) is -0.0636. The second-order valence-corrected chi connectivity index (χ2v) is 6.09. The summed E-state index contributed by atoms with van der Waals surface area (Å²) in [4.78, 5) is 25.3. The second kappa shape index (κ2) is 7.14. The number of carbonyl (C=O) groups excluding carboxylic acids is 2. The smallest absolute Gasteiger partial charge is 0.292 e. The molecule has 2 N–H and O–H groups in total. The Morgan fingerprint density at radius 1 is 1.29 bits per heavy atom. The van der Waals surface area contributed by atoms with Gasteiger partial charge in [-0.25, -0.2) is 0 Å². The van der Waals surface area contributed by atoms with Crippen LogP contribution in [0.4, 0.5) is 5.82 Å². The summed E-state index contributed by atoms with van der Waals surface area (Å²) >= 11 is 1.66. The molecule has 24 heavy (non-hydrogen) atoms. The summed E-state index contributed by atoms with van der Waals surface area (Å²) in [7, 11) is 1.65. The third-order valence-electron chi connectivity index (χ3n) is 3.34. The van der Waals surface area contributed by atoms with E-state index in [1.54, 1.807) is 30.5 Å². The summed E-state index contributed by atoms with van der Waals surface area (Å²) in [5, 5.41) is 11.6. The lowest BCUT2D eigenvalue weighted by molar-refractivity contribution is 0.0947. The first kappa shape index (κ1) is 16.0. The lowest BCUT2D eigenvalue weighted by atomic mass is 10.3. The lowest BCUT2D eigenvalue weighted by Crippen LogP contribution is -2.26. The van der Waals surface area contributed by atoms with E-state index in [4.69, 9.17) is 4.42 Å². The first-order valence-electron chi connectivity index (χ1n) is 7.33. The van der Waals surface area contributed by atoms with Gasteiger partial charge in [-0.3, -0.25) is 14.3 Å². The van der Waals surface area contributed by atoms with Gasteiger partial charge in [0.1, 0.15) is 5.82 Å². The van der Waals surface area contributed by atoms with Crippen LogP contribution in [0.2, 0.25) is 0 Å². The third-order valence-corrected chi connectivity index (χ3v) is 4.27. The number of anilines is 1. The highest BCUT2D eigenvalue weighted by molar-refractivity contribution is 7.09. The van der Waals surface area contributed by atoms with Crippen molar-refractivity contribution in [1.29, 1.82) is 0 Å². The molecule has 8 heteroatoms. The summed E-state index contributed by atoms with van der Waals surface area (Å²) in [5.41, 5.74) is 0.249. The van der Waals surface area contributed by atoms with Crippen LogP contribution >= 0.6 is 11.3 Å². The van der Waals surface area contributed by atoms with Crippen molar-refractivity contribution in [2.24, 2.45) is 7.05 Å². The van der Waals surface area contributed by atoms with Crippen LogP contribution in [0, 0.1) is 0 Å². The Labute approximate surface area is 142 Å². The average Bonchev–Trinajstić information content (AvgIpc) is 3.29. The molecule has 0 fully saturated rings. The van der Waals surface area contributed by atoms with Crippen molar-refractivity contribution in [2.45, 2.75) is 6.42 Å². The number of thiophene rings is 1. The van der Waals surface area contributed by atoms with Crippen LogP contribution < -0.4 is 10.6 Å². The minimum Gasteiger partial charge on any atom is -0.459 e. The Morgan fingerprint density at radius 2 is 2.17 bits per heavy atom. The number of rotatable bonds is 6. The number of hydrogen-bond donors (Lipinski definition) is 2. The molecular weight excluding hydrogens is 328 g/mol. The van der Waals surface area contributed by atoms with Crippen molar-refractivity contribution >= 4 is 29.0 Å². The summed E-state index contributed by atoms with van der Waals surface area (Å²) in [6.45, 7) is 0.532. The molecule has 0 bridgehead atoms. The van der Waals surface area contributed by atoms with Crippen LogP contribution in [0.3, 0.4) is 0 Å². The van der Waals surface area contributed by atoms with Crippen molar-refractivity contribution in [3.8, 4) is 0 Å². The first-order chi connectivity index (χ1) is 11.6. The molecule has 3 rings (SSSR count). The predicted octanol–water partition coefficient (Wildman–Crippen LogP) is 2.30. The zero-order chi connectivity index (χ0) is 16.9. The molecule has 0 spiro atoms. The molecule has 0 unspecified atom stereocenters. The molecule has 3 aromatic rings. The number of aryl methyl sites for hydroxylation is 1. The van der Waals surface area contributed by atoms with Gasteiger partial charge in [0.05, 0.1) is 6.26 Å². The van der Waals surface area contributed by atoms with Crippen molar-refractivity contribution in [3.63, 3.8) is 0 Å². The van der Waals surface area contributed by atoms with Gasteiger partial charge < -0.3 is 15.1 Å². The molecule has 0 aliphatic heterocycles. The molecule has 0 radical (unpaired) electrons. The zero-order valence-corrected chi connectivity index (χ0v) is 13.8. The number of carbonyl (C=O) groups is 2. The third kappa shape index (κ3) is 3.72. The fraction of sp³-hybridized carbons (Fsp3) is 0.188. The van der Waals surface area contributed by atoms with E-state index in [0.29, 0.717) is 12.4 Å². The van der Waals surface area contributed by atoms with E-state index in [0.717, 1.165) is 6.42 Å². The van der Waals surface area contributed by atoms with E-state index >= 15 is 0 Å². The molecule has 0 aromatic carbocycles. The van der Waals surface area contributed by atoms with Crippen molar-refractivity contribution in [2.75, 3.05) is 11.9 Å². The maximum Gasteiger partial charge on any atom is 0.292 e. The van der Waals surface area contributed by atoms with Crippen LogP contribution in [-0.4, -0.2) is 28.1 Å². The maximum atomic E-state index is 12.1. The van der Waals surface area contributed by atoms with Crippen LogP contribution in [0.5, 0.6) is 0 Å². The lowest BCUT2D eigenvalue weighted by Gasteiger charge is -2.01. The topological polar surface area (TPSA) is 89.2 Å². The fourth-order valence-electron chi connectivity index (χ4n) is 2.13. The Hall–Kier alpha value is -2.87. The highest BCUT2D eigenvalue weighted by atomic mass is 32.1. The van der Waals surface area contributed by atoms with E-state index in [1.165, 1.54) is 21.9 Å². The number of nitrogens with one attached hydrogen (secondary N) is 2. The zero-order valence-electron chi connectivity index (χ0n) is 13.0. The highest BCUT2D eigenvalue weighted by Crippen LogP contribution is 2.12. The van der Waals surface area contributed by atoms with E-state index in [2.05, 4.69) is 15.7 Å². The predicted molar refractivity (Wildman–Crippen MR) is 90.2 cm³/mol. The molecular formula is C16H16N4O3S. The van der Waals surface area contributed by atoms with E-state index < -0.39 is 5.91 Å². The molecule has 0 saturated heterocycles. The fourth-order valence-corrected chi connectivity index (χ4v) is 2.83. The molecule has 3 heterocycles. The molecule has 0 saturated carbocycles. The minimum absolute atomic E-state index is 0.193. The van der Waals surface area contributed by atoms with E-state index in [-0.39, 0.29) is 17.4 Å². The highest BCUT2D eigenvalue weighted by Gasteiger charge is 2.16. The van der Waals surface area contributed by atoms with Gasteiger partial charge in [-0.1, -0.05) is 6.07 Å². The second-order valence-electron chi connectivity index (χ2n) is 5.06. The normalized spacial score (nSPS) is 10.5. The van der Waals surface area contributed by atoms with Gasteiger partial charge in [0.25, 0.3) is 11.8 Å². The minimum atomic E-state index is -0.396. The Kier molecular flexibility index (Phi) is 4.76. The van der Waals surface area contributed by atoms with Crippen LogP contribution in [0.25, 0.3) is 0 Å². The van der Waals surface area contributed by atoms with Gasteiger partial charge in [-0.05, 0) is 30.0 Å². The molecule has 124 valence electrons. The number of amides is 2. The van der Waals surface area contributed by atoms with Crippen molar-refractivity contribution in [3.05, 3.63) is 58.3 Å². The van der Waals surface area contributed by atoms with Crippen LogP contribution in [-0.2, 0) is 13.5 Å². The summed E-state index contributed by atoms with van der Waals surface area (Å²) in [6, 6.07) is 8.73. The number of hydrogen-bond acceptors (Lipinski definition) is 5. The quantitative estimate of drug-likeness (QED) is 0.718. The SMILES string of the molecule is Cn1nc(C(=O)NCCc2cccs2)cc1NC(=O)c1ccco1. The van der Waals surface area contributed by atoms with Gasteiger partial charge in [0.15, 0.2) is 11.5 Å². The molecule has 0 aliphatic carbocycles.